The lowest BCUT2D eigenvalue weighted by atomic mass is 10.3. The first-order valence-electron chi connectivity index (χ1n) is 6.50. The maximum Gasteiger partial charge on any atom is 0.239 e. The van der Waals surface area contributed by atoms with Crippen LogP contribution < -0.4 is 10.6 Å². The van der Waals surface area contributed by atoms with Crippen molar-refractivity contribution in [3.05, 3.63) is 16.5 Å². The molecule has 2 N–H and O–H groups in total. The van der Waals surface area contributed by atoms with E-state index in [1.165, 1.54) is 0 Å². The minimum atomic E-state index is -0.0684. The summed E-state index contributed by atoms with van der Waals surface area (Å²) in [6.45, 7) is 7.91. The van der Waals surface area contributed by atoms with Gasteiger partial charge in [-0.2, -0.15) is 0 Å². The van der Waals surface area contributed by atoms with Crippen molar-refractivity contribution in [2.45, 2.75) is 46.6 Å². The molecule has 19 heavy (non-hydrogen) atoms. The second-order valence-electron chi connectivity index (χ2n) is 4.73. The number of hydrogen-bond donors (Lipinski definition) is 2. The molecule has 1 amide bonds. The Labute approximate surface area is 119 Å². The molecule has 5 nitrogen and oxygen atoms in total. The minimum Gasteiger partial charge on any atom is -0.361 e. The lowest BCUT2D eigenvalue weighted by Gasteiger charge is -2.12. The number of rotatable bonds is 6. The highest BCUT2D eigenvalue weighted by Crippen LogP contribution is 2.20. The Hall–Kier alpha value is -1.36. The summed E-state index contributed by atoms with van der Waals surface area (Å²) < 4.78 is 0. The van der Waals surface area contributed by atoms with Crippen LogP contribution in [0.5, 0.6) is 0 Å². The standard InChI is InChI=1S/C13H21ClN4O/c1-5-6-10-17-12(14)9(4)13(18-10)15-7-11(19)16-8(2)3/h8H,5-7H2,1-4H3,(H,16,19)(H,15,17,18). The molecule has 0 unspecified atom stereocenters. The molecule has 0 fully saturated rings. The van der Waals surface area contributed by atoms with Gasteiger partial charge in [0.1, 0.15) is 16.8 Å². The third-order valence-electron chi connectivity index (χ3n) is 2.47. The quantitative estimate of drug-likeness (QED) is 0.787. The molecule has 1 aromatic heterocycles. The van der Waals surface area contributed by atoms with Crippen molar-refractivity contribution in [1.29, 1.82) is 0 Å². The van der Waals surface area contributed by atoms with Crippen LogP contribution in [0.2, 0.25) is 5.15 Å². The van der Waals surface area contributed by atoms with Crippen LogP contribution in [0.1, 0.15) is 38.6 Å². The minimum absolute atomic E-state index is 0.0684. The normalized spacial score (nSPS) is 10.6. The second-order valence-corrected chi connectivity index (χ2v) is 5.09. The van der Waals surface area contributed by atoms with Gasteiger partial charge >= 0.3 is 0 Å². The Morgan fingerprint density at radius 2 is 2.05 bits per heavy atom. The van der Waals surface area contributed by atoms with Gasteiger partial charge in [-0.3, -0.25) is 4.79 Å². The lowest BCUT2D eigenvalue weighted by Crippen LogP contribution is -2.35. The number of aromatic nitrogens is 2. The van der Waals surface area contributed by atoms with Crippen molar-refractivity contribution in [1.82, 2.24) is 15.3 Å². The molecule has 1 rings (SSSR count). The predicted octanol–water partition coefficient (Wildman–Crippen LogP) is 2.33. The Kier molecular flexibility index (Phi) is 6.02. The number of anilines is 1. The van der Waals surface area contributed by atoms with Crippen molar-refractivity contribution in [2.24, 2.45) is 0 Å². The van der Waals surface area contributed by atoms with Crippen LogP contribution in [-0.4, -0.2) is 28.5 Å². The lowest BCUT2D eigenvalue weighted by molar-refractivity contribution is -0.119. The molecule has 0 saturated carbocycles. The number of halogens is 1. The molecule has 1 aromatic rings. The fraction of sp³-hybridized carbons (Fsp3) is 0.615. The Bertz CT molecular complexity index is 449. The van der Waals surface area contributed by atoms with Crippen molar-refractivity contribution in [3.63, 3.8) is 0 Å². The van der Waals surface area contributed by atoms with E-state index in [1.54, 1.807) is 0 Å². The molecule has 0 aromatic carbocycles. The van der Waals surface area contributed by atoms with Crippen LogP contribution >= 0.6 is 11.6 Å². The molecule has 106 valence electrons. The van der Waals surface area contributed by atoms with E-state index in [0.717, 1.165) is 18.4 Å². The van der Waals surface area contributed by atoms with E-state index in [2.05, 4.69) is 27.5 Å². The summed E-state index contributed by atoms with van der Waals surface area (Å²) in [5.74, 6) is 1.26. The molecule has 0 bridgehead atoms. The highest BCUT2D eigenvalue weighted by Gasteiger charge is 2.10. The van der Waals surface area contributed by atoms with Crippen LogP contribution in [0.4, 0.5) is 5.82 Å². The van der Waals surface area contributed by atoms with Gasteiger partial charge in [0, 0.05) is 18.0 Å². The number of aryl methyl sites for hydroxylation is 1. The van der Waals surface area contributed by atoms with E-state index in [9.17, 15) is 4.79 Å². The molecule has 0 atom stereocenters. The van der Waals surface area contributed by atoms with E-state index in [-0.39, 0.29) is 18.5 Å². The molecular formula is C13H21ClN4O. The first kappa shape index (κ1) is 15.7. The maximum atomic E-state index is 11.6. The van der Waals surface area contributed by atoms with Crippen molar-refractivity contribution in [2.75, 3.05) is 11.9 Å². The van der Waals surface area contributed by atoms with Crippen LogP contribution in [0.25, 0.3) is 0 Å². The predicted molar refractivity (Wildman–Crippen MR) is 77.5 cm³/mol. The number of carbonyl (C=O) groups is 1. The fourth-order valence-corrected chi connectivity index (χ4v) is 1.76. The summed E-state index contributed by atoms with van der Waals surface area (Å²) in [6.07, 6.45) is 1.72. The Morgan fingerprint density at radius 3 is 2.63 bits per heavy atom. The van der Waals surface area contributed by atoms with Gasteiger partial charge in [-0.15, -0.1) is 0 Å². The van der Waals surface area contributed by atoms with Crippen LogP contribution in [0.15, 0.2) is 0 Å². The van der Waals surface area contributed by atoms with E-state index >= 15 is 0 Å². The number of hydrogen-bond acceptors (Lipinski definition) is 4. The third kappa shape index (κ3) is 5.03. The molecule has 0 radical (unpaired) electrons. The summed E-state index contributed by atoms with van der Waals surface area (Å²) in [5, 5.41) is 6.25. The van der Waals surface area contributed by atoms with Crippen LogP contribution in [-0.2, 0) is 11.2 Å². The first-order chi connectivity index (χ1) is 8.93. The Morgan fingerprint density at radius 1 is 1.37 bits per heavy atom. The number of nitrogens with one attached hydrogen (secondary N) is 2. The van der Waals surface area contributed by atoms with Crippen LogP contribution in [0.3, 0.4) is 0 Å². The summed E-state index contributed by atoms with van der Waals surface area (Å²) in [7, 11) is 0. The second kappa shape index (κ2) is 7.28. The number of carbonyl (C=O) groups excluding carboxylic acids is 1. The zero-order valence-corrected chi connectivity index (χ0v) is 12.6. The average Bonchev–Trinajstić information content (AvgIpc) is 2.31. The Balaban J connectivity index is 2.74. The highest BCUT2D eigenvalue weighted by atomic mass is 35.5. The summed E-state index contributed by atoms with van der Waals surface area (Å²) in [6, 6.07) is 0.125. The average molecular weight is 285 g/mol. The van der Waals surface area contributed by atoms with E-state index in [0.29, 0.717) is 16.8 Å². The maximum absolute atomic E-state index is 11.6. The topological polar surface area (TPSA) is 66.9 Å². The third-order valence-corrected chi connectivity index (χ3v) is 2.84. The molecule has 0 spiro atoms. The van der Waals surface area contributed by atoms with Crippen molar-refractivity contribution < 1.29 is 4.79 Å². The van der Waals surface area contributed by atoms with E-state index in [4.69, 9.17) is 11.6 Å². The SMILES string of the molecule is CCCc1nc(Cl)c(C)c(NCC(=O)NC(C)C)n1. The largest absolute Gasteiger partial charge is 0.361 e. The van der Waals surface area contributed by atoms with Gasteiger partial charge in [0.2, 0.25) is 5.91 Å². The molecule has 0 saturated heterocycles. The smallest absolute Gasteiger partial charge is 0.239 e. The number of amides is 1. The van der Waals surface area contributed by atoms with Crippen molar-refractivity contribution in [3.8, 4) is 0 Å². The molecule has 0 aliphatic rings. The molecule has 0 aliphatic carbocycles. The van der Waals surface area contributed by atoms with Gasteiger partial charge in [-0.05, 0) is 27.2 Å². The summed E-state index contributed by atoms with van der Waals surface area (Å²) >= 11 is 6.06. The summed E-state index contributed by atoms with van der Waals surface area (Å²) in [5.41, 5.74) is 0.763. The zero-order valence-electron chi connectivity index (χ0n) is 11.9. The van der Waals surface area contributed by atoms with E-state index in [1.807, 2.05) is 20.8 Å². The summed E-state index contributed by atoms with van der Waals surface area (Å²) in [4.78, 5) is 20.2. The van der Waals surface area contributed by atoms with Gasteiger partial charge in [0.05, 0.1) is 6.54 Å². The first-order valence-corrected chi connectivity index (χ1v) is 6.88. The van der Waals surface area contributed by atoms with Crippen LogP contribution in [0, 0.1) is 6.92 Å². The molecule has 6 heteroatoms. The fourth-order valence-electron chi connectivity index (χ4n) is 1.58. The molecule has 1 heterocycles. The molecular weight excluding hydrogens is 264 g/mol. The number of nitrogens with zero attached hydrogens (tertiary/aromatic N) is 2. The van der Waals surface area contributed by atoms with Gasteiger partial charge in [0.25, 0.3) is 0 Å². The molecule has 0 aliphatic heterocycles. The monoisotopic (exact) mass is 284 g/mol. The highest BCUT2D eigenvalue weighted by molar-refractivity contribution is 6.30. The van der Waals surface area contributed by atoms with Gasteiger partial charge in [-0.1, -0.05) is 18.5 Å². The van der Waals surface area contributed by atoms with Gasteiger partial charge in [-0.25, -0.2) is 9.97 Å². The van der Waals surface area contributed by atoms with Gasteiger partial charge < -0.3 is 10.6 Å². The van der Waals surface area contributed by atoms with Crippen molar-refractivity contribution >= 4 is 23.3 Å². The van der Waals surface area contributed by atoms with Gasteiger partial charge in [0.15, 0.2) is 0 Å². The zero-order chi connectivity index (χ0) is 14.4. The van der Waals surface area contributed by atoms with E-state index < -0.39 is 0 Å².